The number of hydrazine groups is 1. The molecule has 0 aromatic carbocycles. The Morgan fingerprint density at radius 1 is 1.67 bits per heavy atom. The number of nitrogens with zero attached hydrogens (tertiary/aromatic N) is 6. The maximum Gasteiger partial charge on any atom is 0.176 e. The van der Waals surface area contributed by atoms with Gasteiger partial charge in [-0.05, 0) is 5.21 Å². The minimum absolute atomic E-state index is 0.173. The molecule has 2 rings (SSSR count). The molecule has 80 valence electrons. The number of H-pyrrole nitrogens is 1. The Morgan fingerprint density at radius 3 is 3.07 bits per heavy atom. The van der Waals surface area contributed by atoms with Crippen LogP contribution in [0.3, 0.4) is 0 Å². The van der Waals surface area contributed by atoms with Gasteiger partial charge in [-0.25, -0.2) is 0 Å². The van der Waals surface area contributed by atoms with Crippen molar-refractivity contribution in [1.29, 1.82) is 0 Å². The molecule has 0 aliphatic rings. The van der Waals surface area contributed by atoms with Crippen LogP contribution in [-0.2, 0) is 13.5 Å². The van der Waals surface area contributed by atoms with Crippen LogP contribution in [0, 0.1) is 0 Å². The van der Waals surface area contributed by atoms with Gasteiger partial charge in [0, 0.05) is 6.42 Å². The van der Waals surface area contributed by atoms with Crippen molar-refractivity contribution in [3.8, 4) is 0 Å². The van der Waals surface area contributed by atoms with E-state index in [1.165, 1.54) is 4.80 Å². The number of nitrogens with one attached hydrogen (secondary N) is 2. The molecule has 0 fully saturated rings. The topological polar surface area (TPSA) is 123 Å². The molecular weight excluding hydrogens is 198 g/mol. The zero-order valence-electron chi connectivity index (χ0n) is 8.12. The molecule has 4 N–H and O–H groups in total. The lowest BCUT2D eigenvalue weighted by molar-refractivity contribution is 0.523. The Kier molecular flexibility index (Phi) is 2.65. The van der Waals surface area contributed by atoms with Gasteiger partial charge in [0.25, 0.3) is 0 Å². The van der Waals surface area contributed by atoms with Crippen LogP contribution in [-0.4, -0.2) is 35.6 Å². The van der Waals surface area contributed by atoms with Crippen LogP contribution < -0.4 is 11.3 Å². The molecule has 0 radical (unpaired) electrons. The van der Waals surface area contributed by atoms with Gasteiger partial charge in [-0.1, -0.05) is 0 Å². The number of aryl methyl sites for hydroxylation is 1. The van der Waals surface area contributed by atoms with E-state index in [1.54, 1.807) is 13.2 Å². The molecule has 0 saturated carbocycles. The van der Waals surface area contributed by atoms with Crippen molar-refractivity contribution in [2.24, 2.45) is 12.9 Å². The van der Waals surface area contributed by atoms with Gasteiger partial charge in [-0.15, -0.1) is 10.2 Å². The Morgan fingerprint density at radius 2 is 2.53 bits per heavy atom. The van der Waals surface area contributed by atoms with Crippen molar-refractivity contribution in [3.05, 3.63) is 17.7 Å². The van der Waals surface area contributed by atoms with E-state index in [2.05, 4.69) is 36.2 Å². The van der Waals surface area contributed by atoms with E-state index in [0.717, 1.165) is 0 Å². The summed E-state index contributed by atoms with van der Waals surface area (Å²) in [6.07, 6.45) is 2.11. The molecule has 1 atom stereocenters. The van der Waals surface area contributed by atoms with Crippen LogP contribution in [0.25, 0.3) is 0 Å². The quantitative estimate of drug-likeness (QED) is 0.396. The third-order valence-corrected chi connectivity index (χ3v) is 1.93. The lowest BCUT2D eigenvalue weighted by atomic mass is 10.1. The van der Waals surface area contributed by atoms with Gasteiger partial charge in [-0.3, -0.25) is 11.3 Å². The number of hydrogen-bond acceptors (Lipinski definition) is 7. The fraction of sp³-hybridized carbons (Fsp3) is 0.500. The van der Waals surface area contributed by atoms with Crippen molar-refractivity contribution >= 4 is 0 Å². The van der Waals surface area contributed by atoms with Crippen LogP contribution >= 0.6 is 0 Å². The molecule has 1 unspecified atom stereocenters. The molecule has 0 aliphatic carbocycles. The summed E-state index contributed by atoms with van der Waals surface area (Å²) >= 11 is 0. The molecule has 15 heavy (non-hydrogen) atoms. The van der Waals surface area contributed by atoms with Gasteiger partial charge in [0.2, 0.25) is 0 Å². The summed E-state index contributed by atoms with van der Waals surface area (Å²) < 4.78 is 0. The normalized spacial score (nSPS) is 12.9. The summed E-state index contributed by atoms with van der Waals surface area (Å²) in [4.78, 5) is 1.39. The summed E-state index contributed by atoms with van der Waals surface area (Å²) in [5, 5.41) is 21.8. The standard InChI is InChI=1S/C6H11N9/c1-15-12-6(11-14-15)2-4(9-7)5-3-8-13-10-5/h3-4,9H,2,7H2,1H3,(H,8,10,13). The van der Waals surface area contributed by atoms with Crippen LogP contribution in [0.4, 0.5) is 0 Å². The highest BCUT2D eigenvalue weighted by atomic mass is 15.6. The first-order valence-corrected chi connectivity index (χ1v) is 4.34. The highest BCUT2D eigenvalue weighted by Gasteiger charge is 2.15. The van der Waals surface area contributed by atoms with Gasteiger partial charge in [0.05, 0.1) is 19.3 Å². The molecule has 0 saturated heterocycles. The molecule has 2 aromatic heterocycles. The maximum absolute atomic E-state index is 5.40. The molecule has 9 nitrogen and oxygen atoms in total. The Hall–Kier alpha value is -1.87. The predicted molar refractivity (Wildman–Crippen MR) is 48.9 cm³/mol. The van der Waals surface area contributed by atoms with Crippen molar-refractivity contribution in [3.63, 3.8) is 0 Å². The summed E-state index contributed by atoms with van der Waals surface area (Å²) in [5.41, 5.74) is 3.34. The lowest BCUT2D eigenvalue weighted by Gasteiger charge is -2.09. The molecule has 0 amide bonds. The van der Waals surface area contributed by atoms with Crippen molar-refractivity contribution in [1.82, 2.24) is 41.0 Å². The smallest absolute Gasteiger partial charge is 0.176 e. The van der Waals surface area contributed by atoms with E-state index in [9.17, 15) is 0 Å². The number of aromatic amines is 1. The minimum Gasteiger partial charge on any atom is -0.271 e. The summed E-state index contributed by atoms with van der Waals surface area (Å²) in [6, 6.07) is -0.173. The number of rotatable bonds is 4. The lowest BCUT2D eigenvalue weighted by Crippen LogP contribution is -2.30. The van der Waals surface area contributed by atoms with E-state index in [-0.39, 0.29) is 6.04 Å². The van der Waals surface area contributed by atoms with Crippen molar-refractivity contribution in [2.45, 2.75) is 12.5 Å². The second-order valence-electron chi connectivity index (χ2n) is 3.01. The fourth-order valence-electron chi connectivity index (χ4n) is 1.21. The maximum atomic E-state index is 5.40. The first-order valence-electron chi connectivity index (χ1n) is 4.34. The first kappa shape index (κ1) is 9.68. The van der Waals surface area contributed by atoms with Crippen molar-refractivity contribution in [2.75, 3.05) is 0 Å². The third kappa shape index (κ3) is 2.14. The summed E-state index contributed by atoms with van der Waals surface area (Å²) in [6.45, 7) is 0. The predicted octanol–water partition coefficient (Wildman–Crippen LogP) is -1.92. The van der Waals surface area contributed by atoms with Gasteiger partial charge in [0.15, 0.2) is 5.82 Å². The molecule has 2 aromatic rings. The van der Waals surface area contributed by atoms with Gasteiger partial charge in [0.1, 0.15) is 5.69 Å². The van der Waals surface area contributed by atoms with Gasteiger partial charge < -0.3 is 0 Å². The molecule has 2 heterocycles. The summed E-state index contributed by atoms with van der Waals surface area (Å²) in [7, 11) is 1.71. The SMILES string of the molecule is Cn1nnc(CC(NN)c2cn[nH]n2)n1. The van der Waals surface area contributed by atoms with Crippen LogP contribution in [0.2, 0.25) is 0 Å². The number of hydrogen-bond donors (Lipinski definition) is 3. The van der Waals surface area contributed by atoms with E-state index in [0.29, 0.717) is 17.9 Å². The number of nitrogens with two attached hydrogens (primary N) is 1. The largest absolute Gasteiger partial charge is 0.271 e. The monoisotopic (exact) mass is 209 g/mol. The Bertz CT molecular complexity index is 404. The Labute approximate surface area is 85.0 Å². The third-order valence-electron chi connectivity index (χ3n) is 1.93. The zero-order chi connectivity index (χ0) is 10.7. The molecular formula is C6H11N9. The van der Waals surface area contributed by atoms with E-state index < -0.39 is 0 Å². The fourth-order valence-corrected chi connectivity index (χ4v) is 1.21. The van der Waals surface area contributed by atoms with E-state index in [1.807, 2.05) is 0 Å². The second-order valence-corrected chi connectivity index (χ2v) is 3.01. The average molecular weight is 209 g/mol. The Balaban J connectivity index is 2.09. The van der Waals surface area contributed by atoms with Gasteiger partial charge >= 0.3 is 0 Å². The van der Waals surface area contributed by atoms with Crippen LogP contribution in [0.5, 0.6) is 0 Å². The van der Waals surface area contributed by atoms with Crippen LogP contribution in [0.15, 0.2) is 6.20 Å². The number of aromatic nitrogens is 7. The van der Waals surface area contributed by atoms with Crippen LogP contribution in [0.1, 0.15) is 17.6 Å². The second kappa shape index (κ2) is 4.11. The van der Waals surface area contributed by atoms with Gasteiger partial charge in [-0.2, -0.15) is 20.2 Å². The van der Waals surface area contributed by atoms with Crippen molar-refractivity contribution < 1.29 is 0 Å². The molecule has 0 aliphatic heterocycles. The number of tetrazole rings is 1. The molecule has 0 bridgehead atoms. The molecule has 0 spiro atoms. The summed E-state index contributed by atoms with van der Waals surface area (Å²) in [5.74, 6) is 6.00. The zero-order valence-corrected chi connectivity index (χ0v) is 8.12. The average Bonchev–Trinajstić information content (AvgIpc) is 2.85. The van der Waals surface area contributed by atoms with E-state index >= 15 is 0 Å². The first-order chi connectivity index (χ1) is 7.29. The minimum atomic E-state index is -0.173. The highest BCUT2D eigenvalue weighted by molar-refractivity contribution is 5.02. The van der Waals surface area contributed by atoms with E-state index in [4.69, 9.17) is 5.84 Å². The molecule has 9 heteroatoms. The highest BCUT2D eigenvalue weighted by Crippen LogP contribution is 2.10.